The second-order valence-electron chi connectivity index (χ2n) is 18.3. The van der Waals surface area contributed by atoms with Crippen LogP contribution in [-0.4, -0.2) is 97.9 Å². The number of ether oxygens (including phenoxy) is 2. The lowest BCUT2D eigenvalue weighted by Gasteiger charge is -2.20. The molecule has 0 fully saturated rings. The monoisotopic (exact) mass is 1070 g/mol. The molecule has 0 heterocycles. The molecule has 2 atom stereocenters. The average Bonchev–Trinajstić information content (AvgIpc) is 3.32. The van der Waals surface area contributed by atoms with Gasteiger partial charge in [0, 0.05) is 45.1 Å². The van der Waals surface area contributed by atoms with Gasteiger partial charge in [0.2, 0.25) is 0 Å². The van der Waals surface area contributed by atoms with Crippen LogP contribution in [0, 0.1) is 47.4 Å². The summed E-state index contributed by atoms with van der Waals surface area (Å²) in [5, 5.41) is 17.9. The summed E-state index contributed by atoms with van der Waals surface area (Å²) in [4.78, 5) is 58.4. The van der Waals surface area contributed by atoms with Crippen molar-refractivity contribution in [2.45, 2.75) is 238 Å². The van der Waals surface area contributed by atoms with Crippen LogP contribution in [-0.2, 0) is 56.3 Å². The molecule has 0 spiro atoms. The first-order valence-electron chi connectivity index (χ1n) is 27.2. The van der Waals surface area contributed by atoms with E-state index in [1.54, 1.807) is 0 Å². The van der Waals surface area contributed by atoms with Crippen LogP contribution in [0.25, 0.3) is 0 Å². The molecule has 0 aromatic heterocycles. The molecule has 2 unspecified atom stereocenters. The number of carbonyl (C=O) groups excluding carboxylic acids is 2. The van der Waals surface area contributed by atoms with Gasteiger partial charge in [-0.1, -0.05) is 179 Å². The number of unbranched alkanes of at least 4 members (excludes halogenated alkanes) is 28. The summed E-state index contributed by atoms with van der Waals surface area (Å²) in [6, 6.07) is 0. The number of carbonyl (C=O) groups is 4. The highest BCUT2D eigenvalue weighted by Gasteiger charge is 2.33. The molecule has 0 saturated carbocycles. The molecule has 0 aliphatic rings. The van der Waals surface area contributed by atoms with E-state index in [0.29, 0.717) is 12.8 Å². The molecule has 73 heavy (non-hydrogen) atoms. The van der Waals surface area contributed by atoms with Crippen molar-refractivity contribution in [1.82, 2.24) is 4.90 Å². The van der Waals surface area contributed by atoms with Crippen molar-refractivity contribution in [2.24, 2.45) is 0 Å². The highest BCUT2D eigenvalue weighted by molar-refractivity contribution is 7.86. The number of carboxylic acids is 2. The van der Waals surface area contributed by atoms with Crippen LogP contribution in [0.15, 0.2) is 0 Å². The summed E-state index contributed by atoms with van der Waals surface area (Å²) in [5.74, 6) is 20.3. The number of aliphatic carboxylic acids is 2. The lowest BCUT2D eigenvalue weighted by Crippen LogP contribution is -2.37. The minimum atomic E-state index is -5.45. The van der Waals surface area contributed by atoms with Crippen molar-refractivity contribution in [3.63, 3.8) is 0 Å². The number of hydrogen-bond acceptors (Lipinski definition) is 13. The highest BCUT2D eigenvalue weighted by atomic mass is 32.3. The smallest absolute Gasteiger partial charge is 0.480 e. The van der Waals surface area contributed by atoms with Crippen molar-refractivity contribution in [3.8, 4) is 47.4 Å². The third-order valence-electron chi connectivity index (χ3n) is 11.3. The molecule has 18 heteroatoms. The maximum atomic E-state index is 12.8. The van der Waals surface area contributed by atoms with Crippen LogP contribution in [0.5, 0.6) is 0 Å². The van der Waals surface area contributed by atoms with E-state index >= 15 is 0 Å². The van der Waals surface area contributed by atoms with Crippen LogP contribution in [0.4, 0.5) is 0 Å². The Kier molecular flexibility index (Phi) is 46.4. The number of carboxylic acid groups (broad SMARTS) is 2. The van der Waals surface area contributed by atoms with Gasteiger partial charge in [0.25, 0.3) is 0 Å². The Labute approximate surface area is 439 Å². The first kappa shape index (κ1) is 69.1. The SMILES string of the molecule is CCCCCCCCCCC#CC#CCCCCCCCCC(=O)OCC(COP(=O)(O)OS(=O)(=O)OCCN(CC(=O)O)CC(=O)O)OC(=O)CCCCCCCCC#CC#CCCCCCCCCCC. The minimum Gasteiger partial charge on any atom is -0.480 e. The lowest BCUT2D eigenvalue weighted by atomic mass is 10.1. The molecule has 16 nitrogen and oxygen atoms in total. The maximum absolute atomic E-state index is 12.8. The van der Waals surface area contributed by atoms with Gasteiger partial charge in [0.05, 0.1) is 26.3 Å². The van der Waals surface area contributed by atoms with E-state index in [2.05, 4.69) is 69.4 Å². The molecular formula is C55H90NO15PS. The molecule has 3 N–H and O–H groups in total. The fourth-order valence-electron chi connectivity index (χ4n) is 7.32. The first-order valence-corrected chi connectivity index (χ1v) is 30.0. The van der Waals surface area contributed by atoms with Gasteiger partial charge in [-0.3, -0.25) is 28.6 Å². The van der Waals surface area contributed by atoms with Crippen molar-refractivity contribution in [1.29, 1.82) is 0 Å². The fraction of sp³-hybridized carbons (Fsp3) is 0.782. The second-order valence-corrected chi connectivity index (χ2v) is 21.1. The molecule has 0 amide bonds. The van der Waals surface area contributed by atoms with Crippen LogP contribution in [0.2, 0.25) is 0 Å². The van der Waals surface area contributed by atoms with Crippen molar-refractivity contribution in [2.75, 3.05) is 39.5 Å². The fourth-order valence-corrected chi connectivity index (χ4v) is 9.22. The Morgan fingerprint density at radius 2 is 0.877 bits per heavy atom. The number of nitrogens with zero attached hydrogens (tertiary/aromatic N) is 1. The van der Waals surface area contributed by atoms with Crippen molar-refractivity contribution < 1.29 is 69.4 Å². The topological polar surface area (TPSA) is 230 Å². The number of phosphoric ester groups is 1. The molecule has 0 rings (SSSR count). The Morgan fingerprint density at radius 3 is 1.26 bits per heavy atom. The summed E-state index contributed by atoms with van der Waals surface area (Å²) < 4.78 is 61.4. The lowest BCUT2D eigenvalue weighted by molar-refractivity contribution is -0.161. The Hall–Kier alpha value is -3.90. The zero-order valence-corrected chi connectivity index (χ0v) is 46.1. The number of hydrogen-bond donors (Lipinski definition) is 3. The van der Waals surface area contributed by atoms with Gasteiger partial charge in [-0.15, -0.1) is 3.97 Å². The summed E-state index contributed by atoms with van der Waals surface area (Å²) in [6.07, 6.45) is 32.7. The first-order chi connectivity index (χ1) is 35.2. The molecule has 0 radical (unpaired) electrons. The van der Waals surface area contributed by atoms with Gasteiger partial charge in [-0.2, -0.15) is 8.42 Å². The molecular weight excluding hydrogens is 978 g/mol. The van der Waals surface area contributed by atoms with Crippen molar-refractivity contribution in [3.05, 3.63) is 0 Å². The third kappa shape index (κ3) is 51.4. The average molecular weight is 1070 g/mol. The van der Waals surface area contributed by atoms with Gasteiger partial charge in [0.1, 0.15) is 6.61 Å². The predicted molar refractivity (Wildman–Crippen MR) is 284 cm³/mol. The zero-order chi connectivity index (χ0) is 53.9. The largest absolute Gasteiger partial charge is 0.488 e. The van der Waals surface area contributed by atoms with E-state index in [0.717, 1.165) is 108 Å². The van der Waals surface area contributed by atoms with Gasteiger partial charge in [-0.25, -0.2) is 8.75 Å². The second kappa shape index (κ2) is 49.0. The van der Waals surface area contributed by atoms with Crippen molar-refractivity contribution >= 4 is 42.1 Å². The molecule has 0 aromatic rings. The highest BCUT2D eigenvalue weighted by Crippen LogP contribution is 2.45. The van der Waals surface area contributed by atoms with Crippen LogP contribution in [0.1, 0.15) is 232 Å². The predicted octanol–water partition coefficient (Wildman–Crippen LogP) is 11.6. The summed E-state index contributed by atoms with van der Waals surface area (Å²) in [6.45, 7) is 0.196. The van der Waals surface area contributed by atoms with E-state index in [4.69, 9.17) is 24.2 Å². The summed E-state index contributed by atoms with van der Waals surface area (Å²) in [5.41, 5.74) is 0. The standard InChI is InChI=1S/C55H90NO15PS/c1-3-5-7-9-11-13-15-17-19-21-23-25-27-29-31-33-35-37-39-41-43-54(61)67-49-51(50-68-72(63,64)71-73(65,66)69-46-45-56(47-52(57)58)48-53(59)60)70-55(62)44-42-40-38-36-34-32-30-28-26-24-22-20-18-16-14-12-10-8-6-4-2/h51H,3-20,29-50H2,1-2H3,(H,57,58)(H,59,60)(H,63,64). The third-order valence-corrected chi connectivity index (χ3v) is 13.8. The maximum Gasteiger partial charge on any atom is 0.488 e. The van der Waals surface area contributed by atoms with E-state index < -0.39 is 87.7 Å². The Bertz CT molecular complexity index is 1880. The quantitative estimate of drug-likeness (QED) is 0.0223. The summed E-state index contributed by atoms with van der Waals surface area (Å²) in [7, 11) is -10.7. The summed E-state index contributed by atoms with van der Waals surface area (Å²) >= 11 is 0. The van der Waals surface area contributed by atoms with Gasteiger partial charge in [0.15, 0.2) is 6.10 Å². The van der Waals surface area contributed by atoms with E-state index in [1.807, 2.05) is 0 Å². The number of phosphoric acid groups is 1. The van der Waals surface area contributed by atoms with E-state index in [-0.39, 0.29) is 12.8 Å². The Morgan fingerprint density at radius 1 is 0.521 bits per heavy atom. The molecule has 0 aromatic carbocycles. The molecule has 0 aliphatic heterocycles. The van der Waals surface area contributed by atoms with Gasteiger partial charge < -0.3 is 24.6 Å². The molecule has 416 valence electrons. The van der Waals surface area contributed by atoms with Crippen LogP contribution < -0.4 is 0 Å². The van der Waals surface area contributed by atoms with Crippen LogP contribution >= 0.6 is 7.82 Å². The zero-order valence-electron chi connectivity index (χ0n) is 44.4. The molecule has 0 bridgehead atoms. The normalized spacial score (nSPS) is 12.2. The van der Waals surface area contributed by atoms with E-state index in [1.165, 1.54) is 89.9 Å². The van der Waals surface area contributed by atoms with Gasteiger partial charge in [-0.05, 0) is 62.2 Å². The number of esters is 2. The number of rotatable bonds is 48. The van der Waals surface area contributed by atoms with E-state index in [9.17, 15) is 37.1 Å². The van der Waals surface area contributed by atoms with Gasteiger partial charge >= 0.3 is 42.1 Å². The van der Waals surface area contributed by atoms with Crippen LogP contribution in [0.3, 0.4) is 0 Å². The molecule has 0 saturated heterocycles. The Balaban J connectivity index is 4.81. The minimum absolute atomic E-state index is 0.00387. The molecule has 0 aliphatic carbocycles.